The fourth-order valence-corrected chi connectivity index (χ4v) is 11.3. The smallest absolute Gasteiger partial charge is 0.310 e. The lowest BCUT2D eigenvalue weighted by atomic mass is 9.60. The summed E-state index contributed by atoms with van der Waals surface area (Å²) in [6.07, 6.45) is 9.34. The summed E-state index contributed by atoms with van der Waals surface area (Å²) in [6, 6.07) is 3.56. The van der Waals surface area contributed by atoms with Crippen molar-refractivity contribution in [1.29, 1.82) is 0 Å². The van der Waals surface area contributed by atoms with E-state index in [9.17, 15) is 34.5 Å². The number of hydrogen-bond acceptors (Lipinski definition) is 12. The summed E-state index contributed by atoms with van der Waals surface area (Å²) in [5.41, 5.74) is -0.211. The molecule has 0 radical (unpaired) electrons. The van der Waals surface area contributed by atoms with Crippen LogP contribution in [0.4, 0.5) is 0 Å². The number of carbonyl (C=O) groups is 4. The Kier molecular flexibility index (Phi) is 17.8. The predicted octanol–water partition coefficient (Wildman–Crippen LogP) is 9.92. The number of phenols is 1. The van der Waals surface area contributed by atoms with Crippen LogP contribution >= 0.6 is 0 Å². The van der Waals surface area contributed by atoms with Gasteiger partial charge in [-0.05, 0) is 156 Å². The van der Waals surface area contributed by atoms with Crippen molar-refractivity contribution >= 4 is 23.9 Å². The summed E-state index contributed by atoms with van der Waals surface area (Å²) in [7, 11) is 0. The molecule has 0 aliphatic heterocycles. The molecule has 12 heteroatoms. The van der Waals surface area contributed by atoms with Crippen molar-refractivity contribution in [2.75, 3.05) is 19.8 Å². The Morgan fingerprint density at radius 3 is 1.48 bits per heavy atom. The average Bonchev–Trinajstić information content (AvgIpc) is 3.23. The van der Waals surface area contributed by atoms with Gasteiger partial charge < -0.3 is 39.0 Å². The summed E-state index contributed by atoms with van der Waals surface area (Å²) < 4.78 is 29.5. The highest BCUT2D eigenvalue weighted by atomic mass is 16.6. The van der Waals surface area contributed by atoms with Crippen LogP contribution in [-0.4, -0.2) is 82.9 Å². The van der Waals surface area contributed by atoms with E-state index in [-0.39, 0.29) is 71.9 Å². The van der Waals surface area contributed by atoms with Crippen LogP contribution in [0.2, 0.25) is 0 Å². The lowest BCUT2D eigenvalue weighted by Crippen LogP contribution is -2.42. The molecule has 1 aromatic rings. The third kappa shape index (κ3) is 14.3. The first-order valence-electron chi connectivity index (χ1n) is 25.3. The van der Waals surface area contributed by atoms with Crippen LogP contribution in [0.25, 0.3) is 0 Å². The van der Waals surface area contributed by atoms with Gasteiger partial charge in [0.05, 0.1) is 29.3 Å². The van der Waals surface area contributed by atoms with Crippen molar-refractivity contribution in [3.63, 3.8) is 0 Å². The average molecular weight is 927 g/mol. The molecular weight excluding hydrogens is 841 g/mol. The molecule has 7 unspecified atom stereocenters. The maximum atomic E-state index is 13.8. The Balaban J connectivity index is 1.07. The second-order valence-corrected chi connectivity index (χ2v) is 24.3. The Morgan fingerprint density at radius 1 is 0.576 bits per heavy atom. The first-order chi connectivity index (χ1) is 30.6. The van der Waals surface area contributed by atoms with Gasteiger partial charge in [-0.2, -0.15) is 0 Å². The van der Waals surface area contributed by atoms with Gasteiger partial charge in [-0.15, -0.1) is 0 Å². The van der Waals surface area contributed by atoms with E-state index in [2.05, 4.69) is 27.7 Å². The number of aliphatic hydroxyl groups is 2. The number of carbonyl (C=O) groups excluding carboxylic acids is 4. The number of aromatic hydroxyl groups is 1. The Labute approximate surface area is 396 Å². The molecule has 0 spiro atoms. The first kappa shape index (κ1) is 53.6. The van der Waals surface area contributed by atoms with Crippen molar-refractivity contribution in [3.8, 4) is 11.5 Å². The van der Waals surface area contributed by atoms with Gasteiger partial charge in [0.2, 0.25) is 0 Å². The second-order valence-electron chi connectivity index (χ2n) is 24.3. The van der Waals surface area contributed by atoms with E-state index in [0.717, 1.165) is 75.3 Å². The van der Waals surface area contributed by atoms with Crippen LogP contribution in [0.15, 0.2) is 12.1 Å². The highest BCUT2D eigenvalue weighted by Gasteiger charge is 2.46. The molecule has 0 saturated heterocycles. The highest BCUT2D eigenvalue weighted by Crippen LogP contribution is 2.50. The van der Waals surface area contributed by atoms with Gasteiger partial charge in [0, 0.05) is 11.1 Å². The van der Waals surface area contributed by atoms with Crippen molar-refractivity contribution in [2.45, 2.75) is 208 Å². The molecule has 1 aromatic carbocycles. The zero-order valence-electron chi connectivity index (χ0n) is 42.5. The summed E-state index contributed by atoms with van der Waals surface area (Å²) in [4.78, 5) is 54.0. The molecule has 4 aliphatic carbocycles. The summed E-state index contributed by atoms with van der Waals surface area (Å²) in [5.74, 6) is -1.64. The molecule has 4 aliphatic rings. The fraction of sp³-hybridized carbons (Fsp3) is 0.815. The monoisotopic (exact) mass is 927 g/mol. The van der Waals surface area contributed by atoms with Gasteiger partial charge >= 0.3 is 23.9 Å². The quantitative estimate of drug-likeness (QED) is 0.112. The largest absolute Gasteiger partial charge is 0.508 e. The number of phenolic OH excluding ortho intramolecular Hbond substituents is 1. The van der Waals surface area contributed by atoms with Gasteiger partial charge in [-0.25, -0.2) is 0 Å². The van der Waals surface area contributed by atoms with Crippen molar-refractivity contribution in [3.05, 3.63) is 23.3 Å². The summed E-state index contributed by atoms with van der Waals surface area (Å²) >= 11 is 0. The van der Waals surface area contributed by atoms with E-state index < -0.39 is 47.3 Å². The minimum Gasteiger partial charge on any atom is -0.508 e. The highest BCUT2D eigenvalue weighted by molar-refractivity contribution is 5.83. The van der Waals surface area contributed by atoms with Crippen LogP contribution < -0.4 is 4.74 Å². The molecule has 3 N–H and O–H groups in total. The number of ether oxygens (including phenoxy) is 5. The molecule has 5 rings (SSSR count). The first-order valence-corrected chi connectivity index (χ1v) is 25.3. The zero-order valence-corrected chi connectivity index (χ0v) is 42.5. The van der Waals surface area contributed by atoms with Crippen LogP contribution in [0, 0.1) is 52.8 Å². The maximum Gasteiger partial charge on any atom is 0.310 e. The molecule has 0 bridgehead atoms. The molecule has 12 nitrogen and oxygen atoms in total. The van der Waals surface area contributed by atoms with Crippen LogP contribution in [0.3, 0.4) is 0 Å². The van der Waals surface area contributed by atoms with Crippen LogP contribution in [0.1, 0.15) is 184 Å². The molecule has 0 heterocycles. The SMILES string of the molecule is CC1CCC(C(=O)OC2CCC(C(C)(C)C3CCC(OC(=O)C4CC(C)CCC4C(=O)OCC(C)(C)O)CC3)CC2)C(C(=O)OCC(O)COc2cc(C(C)(C)C)c(O)cc2C(C)(C)C)C1. The normalized spacial score (nSPS) is 29.5. The zero-order chi connectivity index (χ0) is 48.9. The van der Waals surface area contributed by atoms with Gasteiger partial charge in [0.25, 0.3) is 0 Å². The van der Waals surface area contributed by atoms with Crippen molar-refractivity contribution < 1.29 is 58.2 Å². The second kappa shape index (κ2) is 21.9. The molecular formula is C54H86O12. The van der Waals surface area contributed by atoms with E-state index in [4.69, 9.17) is 23.7 Å². The van der Waals surface area contributed by atoms with E-state index in [1.165, 1.54) is 0 Å². The van der Waals surface area contributed by atoms with Gasteiger partial charge in [-0.1, -0.05) is 69.2 Å². The predicted molar refractivity (Wildman–Crippen MR) is 253 cm³/mol. The van der Waals surface area contributed by atoms with E-state index in [1.807, 2.05) is 47.6 Å². The van der Waals surface area contributed by atoms with Crippen LogP contribution in [0.5, 0.6) is 11.5 Å². The minimum absolute atomic E-state index is 0.0520. The third-order valence-electron chi connectivity index (χ3n) is 15.6. The molecule has 374 valence electrons. The standard InChI is InChI=1S/C54H86O12/c1-32-14-24-40(41(25-32)48(58)63-30-36(55)29-62-46-28-43(51(3,4)5)45(56)27-44(46)52(6,7)8)49(59)65-37-19-15-34(16-20-37)54(11,12)35-17-21-38(22-18-35)66-50(60)42-26-33(2)13-23-39(42)47(57)64-31-53(9,10)61/h27-28,32-42,55-56,61H,13-26,29-31H2,1-12H3. The van der Waals surface area contributed by atoms with Gasteiger partial charge in [-0.3, -0.25) is 19.2 Å². The molecule has 0 aromatic heterocycles. The number of esters is 4. The Hall–Kier alpha value is -3.38. The number of benzene rings is 1. The summed E-state index contributed by atoms with van der Waals surface area (Å²) in [5, 5.41) is 31.8. The Morgan fingerprint density at radius 2 is 1.02 bits per heavy atom. The van der Waals surface area contributed by atoms with Gasteiger partial charge in [0.1, 0.15) is 49.6 Å². The fourth-order valence-electron chi connectivity index (χ4n) is 11.3. The van der Waals surface area contributed by atoms with Crippen LogP contribution in [-0.2, 0) is 49.0 Å². The Bertz CT molecular complexity index is 1800. The molecule has 0 amide bonds. The van der Waals surface area contributed by atoms with Crippen molar-refractivity contribution in [2.24, 2.45) is 52.8 Å². The van der Waals surface area contributed by atoms with E-state index in [1.54, 1.807) is 19.9 Å². The van der Waals surface area contributed by atoms with E-state index in [0.29, 0.717) is 49.2 Å². The lowest BCUT2D eigenvalue weighted by Gasteiger charge is -2.46. The number of rotatable bonds is 15. The van der Waals surface area contributed by atoms with Gasteiger partial charge in [0.15, 0.2) is 0 Å². The number of hydrogen-bond donors (Lipinski definition) is 3. The minimum atomic E-state index is -1.14. The molecule has 4 saturated carbocycles. The number of aliphatic hydroxyl groups excluding tert-OH is 1. The van der Waals surface area contributed by atoms with Crippen molar-refractivity contribution in [1.82, 2.24) is 0 Å². The third-order valence-corrected chi connectivity index (χ3v) is 15.6. The lowest BCUT2D eigenvalue weighted by molar-refractivity contribution is -0.171. The molecule has 7 atom stereocenters. The van der Waals surface area contributed by atoms with E-state index >= 15 is 0 Å². The summed E-state index contributed by atoms with van der Waals surface area (Å²) in [6.45, 7) is 23.7. The maximum absolute atomic E-state index is 13.8. The topological polar surface area (TPSA) is 175 Å². The molecule has 66 heavy (non-hydrogen) atoms. The molecule has 4 fully saturated rings.